The van der Waals surface area contributed by atoms with Crippen molar-refractivity contribution in [1.29, 1.82) is 0 Å². The third kappa shape index (κ3) is 3.70. The van der Waals surface area contributed by atoms with Crippen molar-refractivity contribution in [1.82, 2.24) is 5.43 Å². The van der Waals surface area contributed by atoms with Crippen molar-refractivity contribution >= 4 is 46.9 Å². The summed E-state index contributed by atoms with van der Waals surface area (Å²) in [5.41, 5.74) is 5.41. The van der Waals surface area contributed by atoms with Crippen LogP contribution >= 0.6 is 23.4 Å². The minimum absolute atomic E-state index is 0.0773. The highest BCUT2D eigenvalue weighted by atomic mass is 35.5. The van der Waals surface area contributed by atoms with Gasteiger partial charge in [0.25, 0.3) is 5.91 Å². The van der Waals surface area contributed by atoms with E-state index in [-0.39, 0.29) is 12.5 Å². The highest BCUT2D eigenvalue weighted by molar-refractivity contribution is 7.99. The van der Waals surface area contributed by atoms with E-state index in [0.29, 0.717) is 5.02 Å². The number of anilines is 2. The topological polar surface area (TPSA) is 44.7 Å². The van der Waals surface area contributed by atoms with Gasteiger partial charge in [-0.05, 0) is 30.3 Å². The van der Waals surface area contributed by atoms with E-state index in [0.717, 1.165) is 26.7 Å². The van der Waals surface area contributed by atoms with E-state index in [2.05, 4.69) is 10.5 Å². The molecule has 1 heterocycles. The number of hydrogen-bond donors (Lipinski definition) is 1. The van der Waals surface area contributed by atoms with Gasteiger partial charge in [-0.25, -0.2) is 0 Å². The number of amides is 1. The van der Waals surface area contributed by atoms with Gasteiger partial charge in [0.2, 0.25) is 0 Å². The zero-order valence-electron chi connectivity index (χ0n) is 14.3. The van der Waals surface area contributed by atoms with Crippen molar-refractivity contribution in [3.63, 3.8) is 0 Å². The Bertz CT molecular complexity index is 976. The molecule has 3 aromatic rings. The molecule has 0 saturated heterocycles. The first kappa shape index (κ1) is 17.6. The van der Waals surface area contributed by atoms with E-state index in [1.807, 2.05) is 66.7 Å². The molecule has 0 atom stereocenters. The van der Waals surface area contributed by atoms with Crippen molar-refractivity contribution in [2.24, 2.45) is 5.10 Å². The fourth-order valence-corrected chi connectivity index (χ4v) is 4.10. The van der Waals surface area contributed by atoms with Crippen LogP contribution in [-0.2, 0) is 4.79 Å². The van der Waals surface area contributed by atoms with Gasteiger partial charge >= 0.3 is 0 Å². The van der Waals surface area contributed by atoms with Gasteiger partial charge in [0.1, 0.15) is 6.54 Å². The number of benzene rings is 3. The standard InChI is InChI=1S/C21H16ClN3OS/c22-16-8-2-1-7-15(16)13-23-24-14-21(26)25-17-9-3-5-11-19(17)27-20-12-6-4-10-18(20)25/h1-13,24H,14H2/b23-13+. The molecule has 3 aromatic carbocycles. The van der Waals surface area contributed by atoms with Crippen molar-refractivity contribution in [2.45, 2.75) is 9.79 Å². The molecule has 0 unspecified atom stereocenters. The lowest BCUT2D eigenvalue weighted by Gasteiger charge is -2.30. The molecule has 0 radical (unpaired) electrons. The molecule has 134 valence electrons. The average Bonchev–Trinajstić information content (AvgIpc) is 2.70. The molecule has 27 heavy (non-hydrogen) atoms. The van der Waals surface area contributed by atoms with Crippen molar-refractivity contribution in [3.05, 3.63) is 83.4 Å². The summed E-state index contributed by atoms with van der Waals surface area (Å²) in [5, 5.41) is 4.75. The van der Waals surface area contributed by atoms with E-state index < -0.39 is 0 Å². The summed E-state index contributed by atoms with van der Waals surface area (Å²) in [4.78, 5) is 16.8. The maximum atomic E-state index is 13.0. The Morgan fingerprint density at radius 2 is 1.56 bits per heavy atom. The average molecular weight is 394 g/mol. The fourth-order valence-electron chi connectivity index (χ4n) is 2.86. The molecule has 1 aliphatic heterocycles. The lowest BCUT2D eigenvalue weighted by molar-refractivity contribution is -0.117. The number of para-hydroxylation sites is 2. The molecule has 1 amide bonds. The largest absolute Gasteiger partial charge is 0.301 e. The molecule has 0 aliphatic carbocycles. The van der Waals surface area contributed by atoms with E-state index in [4.69, 9.17) is 11.6 Å². The van der Waals surface area contributed by atoms with Crippen LogP contribution in [0, 0.1) is 0 Å². The second-order valence-corrected chi connectivity index (χ2v) is 7.37. The molecule has 4 nitrogen and oxygen atoms in total. The lowest BCUT2D eigenvalue weighted by atomic mass is 10.2. The summed E-state index contributed by atoms with van der Waals surface area (Å²) in [7, 11) is 0. The Morgan fingerprint density at radius 3 is 2.22 bits per heavy atom. The molecule has 4 rings (SSSR count). The predicted octanol–water partition coefficient (Wildman–Crippen LogP) is 5.09. The number of nitrogens with zero attached hydrogens (tertiary/aromatic N) is 2. The second-order valence-electron chi connectivity index (χ2n) is 5.88. The zero-order chi connectivity index (χ0) is 18.6. The summed E-state index contributed by atoms with van der Waals surface area (Å²) in [6, 6.07) is 23.2. The van der Waals surface area contributed by atoms with Crippen LogP contribution in [0.1, 0.15) is 5.56 Å². The molecular formula is C21H16ClN3OS. The Balaban J connectivity index is 1.53. The monoisotopic (exact) mass is 393 g/mol. The number of fused-ring (bicyclic) bond motifs is 2. The summed E-state index contributed by atoms with van der Waals surface area (Å²) in [6.07, 6.45) is 1.61. The minimum Gasteiger partial charge on any atom is -0.301 e. The smallest absolute Gasteiger partial charge is 0.252 e. The Morgan fingerprint density at radius 1 is 0.963 bits per heavy atom. The van der Waals surface area contributed by atoms with Crippen LogP contribution in [0.4, 0.5) is 11.4 Å². The lowest BCUT2D eigenvalue weighted by Crippen LogP contribution is -2.35. The highest BCUT2D eigenvalue weighted by Crippen LogP contribution is 2.47. The third-order valence-electron chi connectivity index (χ3n) is 4.11. The van der Waals surface area contributed by atoms with Crippen LogP contribution in [-0.4, -0.2) is 18.7 Å². The van der Waals surface area contributed by atoms with Crippen LogP contribution in [0.25, 0.3) is 0 Å². The summed E-state index contributed by atoms with van der Waals surface area (Å²) < 4.78 is 0. The first-order chi connectivity index (χ1) is 13.2. The summed E-state index contributed by atoms with van der Waals surface area (Å²) in [6.45, 7) is 0.0777. The van der Waals surface area contributed by atoms with Gasteiger partial charge < -0.3 is 5.43 Å². The van der Waals surface area contributed by atoms with Crippen LogP contribution in [0.2, 0.25) is 5.02 Å². The number of carbonyl (C=O) groups is 1. The van der Waals surface area contributed by atoms with E-state index in [1.54, 1.807) is 28.9 Å². The zero-order valence-corrected chi connectivity index (χ0v) is 15.9. The number of carbonyl (C=O) groups excluding carboxylic acids is 1. The first-order valence-electron chi connectivity index (χ1n) is 8.43. The molecule has 0 fully saturated rings. The fraction of sp³-hybridized carbons (Fsp3) is 0.0476. The van der Waals surface area contributed by atoms with Gasteiger partial charge in [0, 0.05) is 20.4 Å². The predicted molar refractivity (Wildman–Crippen MR) is 111 cm³/mol. The number of halogens is 1. The molecule has 0 bridgehead atoms. The maximum Gasteiger partial charge on any atom is 0.252 e. The number of rotatable bonds is 4. The van der Waals surface area contributed by atoms with E-state index in [1.165, 1.54) is 0 Å². The minimum atomic E-state index is -0.0773. The SMILES string of the molecule is O=C(CN/N=C/c1ccccc1Cl)N1c2ccccc2Sc2ccccc21. The molecule has 0 spiro atoms. The highest BCUT2D eigenvalue weighted by Gasteiger charge is 2.27. The Hall–Kier alpha value is -2.76. The first-order valence-corrected chi connectivity index (χ1v) is 9.63. The Kier molecular flexibility index (Phi) is 5.14. The van der Waals surface area contributed by atoms with Gasteiger partial charge in [-0.1, -0.05) is 65.8 Å². The maximum absolute atomic E-state index is 13.0. The summed E-state index contributed by atoms with van der Waals surface area (Å²) in [5.74, 6) is -0.0773. The van der Waals surface area contributed by atoms with Gasteiger partial charge in [-0.2, -0.15) is 5.10 Å². The van der Waals surface area contributed by atoms with E-state index >= 15 is 0 Å². The molecule has 0 aromatic heterocycles. The molecule has 1 N–H and O–H groups in total. The van der Waals surface area contributed by atoms with Gasteiger partial charge in [-0.15, -0.1) is 0 Å². The van der Waals surface area contributed by atoms with Gasteiger partial charge in [-0.3, -0.25) is 9.69 Å². The van der Waals surface area contributed by atoms with Crippen LogP contribution in [0.15, 0.2) is 87.7 Å². The second kappa shape index (κ2) is 7.86. The van der Waals surface area contributed by atoms with Crippen LogP contribution < -0.4 is 10.3 Å². The van der Waals surface area contributed by atoms with Gasteiger partial charge in [0.05, 0.1) is 17.6 Å². The number of hydrazone groups is 1. The normalized spacial score (nSPS) is 12.6. The summed E-state index contributed by atoms with van der Waals surface area (Å²) >= 11 is 7.78. The molecule has 6 heteroatoms. The molecular weight excluding hydrogens is 378 g/mol. The molecule has 0 saturated carbocycles. The van der Waals surface area contributed by atoms with Crippen molar-refractivity contribution in [2.75, 3.05) is 11.4 Å². The van der Waals surface area contributed by atoms with Crippen molar-refractivity contribution in [3.8, 4) is 0 Å². The number of hydrogen-bond acceptors (Lipinski definition) is 4. The van der Waals surface area contributed by atoms with E-state index in [9.17, 15) is 4.79 Å². The van der Waals surface area contributed by atoms with Crippen molar-refractivity contribution < 1.29 is 4.79 Å². The Labute approximate surface area is 166 Å². The molecule has 1 aliphatic rings. The third-order valence-corrected chi connectivity index (χ3v) is 5.59. The van der Waals surface area contributed by atoms with Gasteiger partial charge in [0.15, 0.2) is 0 Å². The van der Waals surface area contributed by atoms with Crippen LogP contribution in [0.5, 0.6) is 0 Å². The number of nitrogens with one attached hydrogen (secondary N) is 1. The van der Waals surface area contributed by atoms with Crippen LogP contribution in [0.3, 0.4) is 0 Å². The quantitative estimate of drug-likeness (QED) is 0.495.